The van der Waals surface area contributed by atoms with Gasteiger partial charge >= 0.3 is 0 Å². The number of carbonyl (C=O) groups excluding carboxylic acids is 1. The molecule has 0 aromatic carbocycles. The van der Waals surface area contributed by atoms with E-state index >= 15 is 0 Å². The Labute approximate surface area is 427 Å². The third-order valence-electron chi connectivity index (χ3n) is 12.0. The molecule has 0 bridgehead atoms. The fourth-order valence-electron chi connectivity index (χ4n) is 7.73. The summed E-state index contributed by atoms with van der Waals surface area (Å²) in [6, 6.07) is -0.655. The van der Waals surface area contributed by atoms with Crippen LogP contribution in [0.1, 0.15) is 239 Å². The Balaban J connectivity index is 3.61. The molecule has 2 unspecified atom stereocenters. The van der Waals surface area contributed by atoms with Crippen LogP contribution in [0.5, 0.6) is 0 Å². The zero-order valence-electron chi connectivity index (χ0n) is 44.8. The molecule has 0 heterocycles. The van der Waals surface area contributed by atoms with E-state index in [-0.39, 0.29) is 12.5 Å². The highest BCUT2D eigenvalue weighted by atomic mass is 16.3. The number of amides is 1. The predicted octanol–water partition coefficient (Wildman–Crippen LogP) is 19.2. The summed E-state index contributed by atoms with van der Waals surface area (Å²) < 4.78 is 0. The van der Waals surface area contributed by atoms with Gasteiger partial charge in [0, 0.05) is 6.42 Å². The molecule has 0 aromatic heterocycles. The number of nitrogens with one attached hydrogen (secondary N) is 1. The summed E-state index contributed by atoms with van der Waals surface area (Å²) in [4.78, 5) is 12.5. The standard InChI is InChI=1S/C65H107NO3/c1-3-5-7-9-11-13-15-17-19-21-22-23-24-25-26-27-28-29-30-31-32-33-34-35-36-37-38-39-40-41-42-43-44-45-47-49-51-53-55-57-59-61-65(69)66-63(62-67)64(68)60-58-56-54-52-50-48-46-20-18-16-14-12-10-8-6-4-2/h5,7,11,13,17-20,22-23,25-26,28-29,31-32,34-35,37-38,50,52,58,60,63-64,67-68H,3-4,6,8-10,12,14-16,21,24,27,30,33,36,39-49,51,53-57,59,61-62H2,1-2H3,(H,66,69)/b7-5-,13-11-,19-17-,20-18+,23-22-,26-25-,29-28-,32-31-,35-34-,38-37-,52-50+,60-58+. The van der Waals surface area contributed by atoms with Gasteiger partial charge in [-0.25, -0.2) is 0 Å². The number of rotatable bonds is 50. The van der Waals surface area contributed by atoms with Crippen LogP contribution in [0.4, 0.5) is 0 Å². The van der Waals surface area contributed by atoms with Crippen molar-refractivity contribution in [3.8, 4) is 0 Å². The summed E-state index contributed by atoms with van der Waals surface area (Å²) in [6.07, 6.45) is 92.9. The van der Waals surface area contributed by atoms with Gasteiger partial charge in [0.25, 0.3) is 0 Å². The summed E-state index contributed by atoms with van der Waals surface area (Å²) >= 11 is 0. The van der Waals surface area contributed by atoms with E-state index in [1.54, 1.807) is 6.08 Å². The lowest BCUT2D eigenvalue weighted by Gasteiger charge is -2.19. The van der Waals surface area contributed by atoms with Gasteiger partial charge < -0.3 is 15.5 Å². The first-order valence-electron chi connectivity index (χ1n) is 28.5. The van der Waals surface area contributed by atoms with Crippen LogP contribution in [0.25, 0.3) is 0 Å². The van der Waals surface area contributed by atoms with Crippen LogP contribution in [0.15, 0.2) is 146 Å². The van der Waals surface area contributed by atoms with Crippen molar-refractivity contribution in [1.29, 1.82) is 0 Å². The molecule has 0 fully saturated rings. The van der Waals surface area contributed by atoms with E-state index < -0.39 is 12.1 Å². The highest BCUT2D eigenvalue weighted by Gasteiger charge is 2.17. The second-order valence-electron chi connectivity index (χ2n) is 18.6. The van der Waals surface area contributed by atoms with E-state index in [0.717, 1.165) is 96.3 Å². The van der Waals surface area contributed by atoms with E-state index in [2.05, 4.69) is 153 Å². The molecule has 0 rings (SSSR count). The van der Waals surface area contributed by atoms with Crippen molar-refractivity contribution in [3.05, 3.63) is 146 Å². The molecule has 0 aliphatic carbocycles. The molecule has 1 amide bonds. The van der Waals surface area contributed by atoms with Gasteiger partial charge in [0.15, 0.2) is 0 Å². The van der Waals surface area contributed by atoms with E-state index in [0.29, 0.717) is 6.42 Å². The van der Waals surface area contributed by atoms with Crippen molar-refractivity contribution in [2.45, 2.75) is 251 Å². The van der Waals surface area contributed by atoms with Crippen LogP contribution in [0.2, 0.25) is 0 Å². The third kappa shape index (κ3) is 55.1. The lowest BCUT2D eigenvalue weighted by atomic mass is 10.0. The summed E-state index contributed by atoms with van der Waals surface area (Å²) in [6.45, 7) is 4.16. The molecule has 0 spiro atoms. The number of unbranched alkanes of at least 4 members (excludes halogenated alkanes) is 21. The average molecular weight is 951 g/mol. The van der Waals surface area contributed by atoms with Crippen LogP contribution in [-0.2, 0) is 4.79 Å². The van der Waals surface area contributed by atoms with E-state index in [4.69, 9.17) is 0 Å². The second kappa shape index (κ2) is 58.6. The van der Waals surface area contributed by atoms with Gasteiger partial charge in [-0.3, -0.25) is 4.79 Å². The Bertz CT molecular complexity index is 1450. The van der Waals surface area contributed by atoms with Gasteiger partial charge in [0.05, 0.1) is 18.8 Å². The number of allylic oxidation sites excluding steroid dienone is 23. The van der Waals surface area contributed by atoms with Gasteiger partial charge in [-0.1, -0.05) is 262 Å². The lowest BCUT2D eigenvalue weighted by molar-refractivity contribution is -0.123. The maximum Gasteiger partial charge on any atom is 0.220 e. The van der Waals surface area contributed by atoms with Crippen molar-refractivity contribution in [2.75, 3.05) is 6.61 Å². The molecule has 0 aliphatic heterocycles. The fraction of sp³-hybridized carbons (Fsp3) is 0.615. The topological polar surface area (TPSA) is 69.6 Å². The highest BCUT2D eigenvalue weighted by Crippen LogP contribution is 2.14. The van der Waals surface area contributed by atoms with Crippen LogP contribution < -0.4 is 5.32 Å². The molecule has 0 aromatic rings. The first kappa shape index (κ1) is 65.3. The van der Waals surface area contributed by atoms with Crippen molar-refractivity contribution < 1.29 is 15.0 Å². The van der Waals surface area contributed by atoms with Gasteiger partial charge in [-0.05, 0) is 116 Å². The SMILES string of the molecule is CC/C=C\C/C=C\C/C=C\C/C=C\C/C=C\C/C=C\C/C=C\C/C=C\C/C=C\CCCCCCCCCCCCCCCC(=O)NC(CO)C(O)/C=C/CC/C=C/CC/C=C/CCCCCCCC. The minimum absolute atomic E-state index is 0.0851. The normalized spacial score (nSPS) is 14.0. The van der Waals surface area contributed by atoms with Crippen LogP contribution in [0, 0.1) is 0 Å². The van der Waals surface area contributed by atoms with Crippen molar-refractivity contribution in [1.82, 2.24) is 5.32 Å². The van der Waals surface area contributed by atoms with Crippen molar-refractivity contribution in [2.24, 2.45) is 0 Å². The maximum atomic E-state index is 12.5. The molecular formula is C65H107NO3. The minimum atomic E-state index is -0.879. The quantitative estimate of drug-likeness (QED) is 0.0420. The molecule has 3 N–H and O–H groups in total. The molecule has 390 valence electrons. The predicted molar refractivity (Wildman–Crippen MR) is 308 cm³/mol. The zero-order valence-corrected chi connectivity index (χ0v) is 44.8. The van der Waals surface area contributed by atoms with Crippen molar-refractivity contribution >= 4 is 5.91 Å². The molecule has 2 atom stereocenters. The van der Waals surface area contributed by atoms with Crippen LogP contribution in [-0.4, -0.2) is 34.9 Å². The van der Waals surface area contributed by atoms with E-state index in [1.165, 1.54) is 122 Å². The van der Waals surface area contributed by atoms with E-state index in [9.17, 15) is 15.0 Å². The fourth-order valence-corrected chi connectivity index (χ4v) is 7.73. The molecule has 0 saturated heterocycles. The molecule has 4 nitrogen and oxygen atoms in total. The first-order chi connectivity index (χ1) is 34.2. The Morgan fingerprint density at radius 3 is 1.01 bits per heavy atom. The van der Waals surface area contributed by atoms with Gasteiger partial charge in [0.1, 0.15) is 0 Å². The minimum Gasteiger partial charge on any atom is -0.394 e. The Hall–Kier alpha value is -3.73. The number of hydrogen-bond acceptors (Lipinski definition) is 3. The van der Waals surface area contributed by atoms with Crippen LogP contribution in [0.3, 0.4) is 0 Å². The second-order valence-corrected chi connectivity index (χ2v) is 18.6. The Morgan fingerprint density at radius 2 is 0.652 bits per heavy atom. The summed E-state index contributed by atoms with van der Waals surface area (Å²) in [7, 11) is 0. The van der Waals surface area contributed by atoms with Crippen molar-refractivity contribution in [3.63, 3.8) is 0 Å². The highest BCUT2D eigenvalue weighted by molar-refractivity contribution is 5.76. The molecule has 0 aliphatic rings. The number of carbonyl (C=O) groups is 1. The maximum absolute atomic E-state index is 12.5. The first-order valence-corrected chi connectivity index (χ1v) is 28.5. The smallest absolute Gasteiger partial charge is 0.220 e. The summed E-state index contributed by atoms with van der Waals surface area (Å²) in [5, 5.41) is 23.1. The van der Waals surface area contributed by atoms with E-state index in [1.807, 2.05) is 6.08 Å². The molecule has 0 saturated carbocycles. The number of hydrogen-bond donors (Lipinski definition) is 3. The zero-order chi connectivity index (χ0) is 49.9. The Morgan fingerprint density at radius 1 is 0.362 bits per heavy atom. The molecular weight excluding hydrogens is 843 g/mol. The largest absolute Gasteiger partial charge is 0.394 e. The monoisotopic (exact) mass is 950 g/mol. The number of aliphatic hydroxyl groups is 2. The molecule has 69 heavy (non-hydrogen) atoms. The molecule has 0 radical (unpaired) electrons. The van der Waals surface area contributed by atoms with Crippen LogP contribution >= 0.6 is 0 Å². The summed E-state index contributed by atoms with van der Waals surface area (Å²) in [5.41, 5.74) is 0. The van der Waals surface area contributed by atoms with Gasteiger partial charge in [-0.2, -0.15) is 0 Å². The third-order valence-corrected chi connectivity index (χ3v) is 12.0. The number of aliphatic hydroxyl groups excluding tert-OH is 2. The Kier molecular flexibility index (Phi) is 55.4. The molecule has 4 heteroatoms. The lowest BCUT2D eigenvalue weighted by Crippen LogP contribution is -2.45. The van der Waals surface area contributed by atoms with Gasteiger partial charge in [-0.15, -0.1) is 0 Å². The summed E-state index contributed by atoms with van der Waals surface area (Å²) in [5.74, 6) is -0.0851. The van der Waals surface area contributed by atoms with Gasteiger partial charge in [0.2, 0.25) is 5.91 Å². The average Bonchev–Trinajstić information content (AvgIpc) is 3.35.